The van der Waals surface area contributed by atoms with Crippen molar-refractivity contribution in [2.75, 3.05) is 6.26 Å². The molecule has 0 aliphatic heterocycles. The van der Waals surface area contributed by atoms with Crippen molar-refractivity contribution in [1.82, 2.24) is 0 Å². The first-order chi connectivity index (χ1) is 5.58. The highest BCUT2D eigenvalue weighted by atomic mass is 32.2. The van der Waals surface area contributed by atoms with Gasteiger partial charge in [0, 0.05) is 4.75 Å². The summed E-state index contributed by atoms with van der Waals surface area (Å²) >= 11 is 2.02. The van der Waals surface area contributed by atoms with Crippen LogP contribution in [0.15, 0.2) is 0 Å². The fourth-order valence-electron chi connectivity index (χ4n) is 1.70. The van der Waals surface area contributed by atoms with Crippen LogP contribution in [0.3, 0.4) is 0 Å². The molecular weight excluding hydrogens is 164 g/mol. The van der Waals surface area contributed by atoms with Gasteiger partial charge in [0.2, 0.25) is 0 Å². The summed E-state index contributed by atoms with van der Waals surface area (Å²) in [6, 6.07) is 0. The van der Waals surface area contributed by atoms with Gasteiger partial charge < -0.3 is 0 Å². The third kappa shape index (κ3) is 3.84. The second-order valence-corrected chi connectivity index (χ2v) is 5.54. The number of hydrogen-bond donors (Lipinski definition) is 0. The molecular formula is C11H24S. The van der Waals surface area contributed by atoms with Crippen molar-refractivity contribution in [2.45, 2.75) is 58.1 Å². The van der Waals surface area contributed by atoms with Crippen molar-refractivity contribution >= 4 is 11.8 Å². The number of thioether (sulfide) groups is 1. The summed E-state index contributed by atoms with van der Waals surface area (Å²) in [6.07, 6.45) is 7.67. The van der Waals surface area contributed by atoms with Gasteiger partial charge in [0.1, 0.15) is 0 Å². The van der Waals surface area contributed by atoms with Crippen LogP contribution < -0.4 is 0 Å². The second kappa shape index (κ2) is 5.90. The molecule has 0 saturated carbocycles. The molecule has 12 heavy (non-hydrogen) atoms. The quantitative estimate of drug-likeness (QED) is 0.597. The van der Waals surface area contributed by atoms with E-state index in [-0.39, 0.29) is 0 Å². The molecule has 0 aromatic rings. The summed E-state index contributed by atoms with van der Waals surface area (Å²) in [5.74, 6) is 0.905. The van der Waals surface area contributed by atoms with Gasteiger partial charge in [0.15, 0.2) is 0 Å². The molecule has 0 radical (unpaired) electrons. The molecule has 0 atom stereocenters. The molecule has 0 N–H and O–H groups in total. The summed E-state index contributed by atoms with van der Waals surface area (Å²) in [5.41, 5.74) is 0. The lowest BCUT2D eigenvalue weighted by Crippen LogP contribution is -2.27. The SMILES string of the molecule is CCCC(CCC)C(C)(C)SC. The lowest BCUT2D eigenvalue weighted by molar-refractivity contribution is 0.363. The van der Waals surface area contributed by atoms with Crippen LogP contribution in [0.25, 0.3) is 0 Å². The van der Waals surface area contributed by atoms with Crippen molar-refractivity contribution in [3.05, 3.63) is 0 Å². The molecule has 0 saturated heterocycles. The highest BCUT2D eigenvalue weighted by Crippen LogP contribution is 2.36. The average molecular weight is 188 g/mol. The van der Waals surface area contributed by atoms with Gasteiger partial charge in [-0.3, -0.25) is 0 Å². The first-order valence-electron chi connectivity index (χ1n) is 5.13. The van der Waals surface area contributed by atoms with E-state index >= 15 is 0 Å². The van der Waals surface area contributed by atoms with Gasteiger partial charge in [-0.2, -0.15) is 11.8 Å². The Morgan fingerprint density at radius 1 is 1.08 bits per heavy atom. The van der Waals surface area contributed by atoms with Crippen LogP contribution in [0.4, 0.5) is 0 Å². The molecule has 0 bridgehead atoms. The molecule has 0 fully saturated rings. The third-order valence-corrected chi connectivity index (χ3v) is 4.17. The van der Waals surface area contributed by atoms with E-state index < -0.39 is 0 Å². The Morgan fingerprint density at radius 2 is 1.50 bits per heavy atom. The van der Waals surface area contributed by atoms with Crippen LogP contribution in [0, 0.1) is 5.92 Å². The summed E-state index contributed by atoms with van der Waals surface area (Å²) in [6.45, 7) is 9.35. The van der Waals surface area contributed by atoms with E-state index in [4.69, 9.17) is 0 Å². The van der Waals surface area contributed by atoms with Crippen molar-refractivity contribution in [3.8, 4) is 0 Å². The van der Waals surface area contributed by atoms with Gasteiger partial charge in [-0.05, 0) is 25.0 Å². The van der Waals surface area contributed by atoms with Gasteiger partial charge in [-0.25, -0.2) is 0 Å². The number of rotatable bonds is 6. The third-order valence-electron chi connectivity index (χ3n) is 2.78. The minimum Gasteiger partial charge on any atom is -0.159 e. The van der Waals surface area contributed by atoms with Gasteiger partial charge in [0.25, 0.3) is 0 Å². The molecule has 0 rings (SSSR count). The molecule has 0 aliphatic rings. The van der Waals surface area contributed by atoms with Gasteiger partial charge in [0.05, 0.1) is 0 Å². The Morgan fingerprint density at radius 3 is 1.75 bits per heavy atom. The van der Waals surface area contributed by atoms with Gasteiger partial charge >= 0.3 is 0 Å². The Hall–Kier alpha value is 0.350. The van der Waals surface area contributed by atoms with Crippen molar-refractivity contribution < 1.29 is 0 Å². The molecule has 0 aromatic heterocycles. The van der Waals surface area contributed by atoms with Gasteiger partial charge in [-0.1, -0.05) is 40.5 Å². The summed E-state index contributed by atoms with van der Waals surface area (Å²) in [4.78, 5) is 0. The number of hydrogen-bond acceptors (Lipinski definition) is 1. The largest absolute Gasteiger partial charge is 0.159 e. The summed E-state index contributed by atoms with van der Waals surface area (Å²) in [7, 11) is 0. The minimum atomic E-state index is 0.478. The molecule has 1 heteroatoms. The van der Waals surface area contributed by atoms with Crippen LogP contribution in [0.5, 0.6) is 0 Å². The van der Waals surface area contributed by atoms with E-state index in [0.29, 0.717) is 4.75 Å². The standard InChI is InChI=1S/C11H24S/c1-6-8-10(9-7-2)11(3,4)12-5/h10H,6-9H2,1-5H3. The van der Waals surface area contributed by atoms with E-state index in [9.17, 15) is 0 Å². The first-order valence-corrected chi connectivity index (χ1v) is 6.36. The lowest BCUT2D eigenvalue weighted by atomic mass is 9.87. The van der Waals surface area contributed by atoms with E-state index in [1.54, 1.807) is 0 Å². The van der Waals surface area contributed by atoms with E-state index in [1.165, 1.54) is 25.7 Å². The van der Waals surface area contributed by atoms with Crippen molar-refractivity contribution in [2.24, 2.45) is 5.92 Å². The Balaban J connectivity index is 4.07. The molecule has 0 amide bonds. The molecule has 74 valence electrons. The summed E-state index contributed by atoms with van der Waals surface area (Å²) in [5, 5.41) is 0. The predicted molar refractivity (Wildman–Crippen MR) is 60.9 cm³/mol. The lowest BCUT2D eigenvalue weighted by Gasteiger charge is -2.32. The molecule has 0 heterocycles. The molecule has 0 aliphatic carbocycles. The zero-order chi connectivity index (χ0) is 9.61. The van der Waals surface area contributed by atoms with Crippen molar-refractivity contribution in [3.63, 3.8) is 0 Å². The van der Waals surface area contributed by atoms with Crippen LogP contribution in [0.2, 0.25) is 0 Å². The van der Waals surface area contributed by atoms with Crippen LogP contribution in [0.1, 0.15) is 53.4 Å². The maximum Gasteiger partial charge on any atom is 0.0129 e. The first kappa shape index (κ1) is 12.3. The Bertz CT molecular complexity index is 102. The van der Waals surface area contributed by atoms with E-state index in [2.05, 4.69) is 34.0 Å². The average Bonchev–Trinajstić information content (AvgIpc) is 2.04. The highest BCUT2D eigenvalue weighted by molar-refractivity contribution is 7.99. The Labute approximate surface area is 82.5 Å². The fourth-order valence-corrected chi connectivity index (χ4v) is 2.27. The molecule has 0 spiro atoms. The zero-order valence-corrected chi connectivity index (χ0v) is 10.1. The Kier molecular flexibility index (Phi) is 6.08. The minimum absolute atomic E-state index is 0.478. The zero-order valence-electron chi connectivity index (χ0n) is 9.31. The fraction of sp³-hybridized carbons (Fsp3) is 1.00. The van der Waals surface area contributed by atoms with Crippen molar-refractivity contribution in [1.29, 1.82) is 0 Å². The van der Waals surface area contributed by atoms with Crippen LogP contribution in [-0.4, -0.2) is 11.0 Å². The normalized spacial score (nSPS) is 12.5. The smallest absolute Gasteiger partial charge is 0.0129 e. The molecule has 0 aromatic carbocycles. The maximum atomic E-state index is 2.38. The molecule has 0 unspecified atom stereocenters. The van der Waals surface area contributed by atoms with Crippen LogP contribution in [-0.2, 0) is 0 Å². The monoisotopic (exact) mass is 188 g/mol. The highest BCUT2D eigenvalue weighted by Gasteiger charge is 2.26. The predicted octanol–water partition coefficient (Wildman–Crippen LogP) is 4.34. The topological polar surface area (TPSA) is 0 Å². The van der Waals surface area contributed by atoms with E-state index in [1.807, 2.05) is 11.8 Å². The second-order valence-electron chi connectivity index (χ2n) is 4.08. The van der Waals surface area contributed by atoms with Crippen LogP contribution >= 0.6 is 11.8 Å². The maximum absolute atomic E-state index is 2.38. The van der Waals surface area contributed by atoms with E-state index in [0.717, 1.165) is 5.92 Å². The molecule has 0 nitrogen and oxygen atoms in total. The van der Waals surface area contributed by atoms with Gasteiger partial charge in [-0.15, -0.1) is 0 Å². The summed E-state index contributed by atoms with van der Waals surface area (Å²) < 4.78 is 0.478.